The number of allylic oxidation sites excluding steroid dienone is 1. The Bertz CT molecular complexity index is 194. The minimum absolute atomic E-state index is 0.949. The van der Waals surface area contributed by atoms with Gasteiger partial charge in [0.05, 0.1) is 0 Å². The van der Waals surface area contributed by atoms with Crippen LogP contribution in [-0.4, -0.2) is 0 Å². The molecule has 2 atom stereocenters. The maximum atomic E-state index is 3.77. The third kappa shape index (κ3) is 14.2. The zero-order valence-electron chi connectivity index (χ0n) is 14.6. The average Bonchev–Trinajstić information content (AvgIpc) is 2.43. The van der Waals surface area contributed by atoms with Crippen LogP contribution in [0.25, 0.3) is 0 Å². The fourth-order valence-corrected chi connectivity index (χ4v) is 3.08. The molecule has 0 N–H and O–H groups in total. The lowest BCUT2D eigenvalue weighted by Gasteiger charge is -2.13. The first kappa shape index (κ1) is 19.7. The molecule has 0 fully saturated rings. The van der Waals surface area contributed by atoms with Crippen LogP contribution in [0.5, 0.6) is 0 Å². The molecule has 0 aromatic heterocycles. The molecule has 0 aliphatic heterocycles. The lowest BCUT2D eigenvalue weighted by molar-refractivity contribution is 0.407. The Morgan fingerprint density at radius 1 is 0.700 bits per heavy atom. The third-order valence-electron chi connectivity index (χ3n) is 4.53. The first-order valence-corrected chi connectivity index (χ1v) is 9.31. The van der Waals surface area contributed by atoms with Gasteiger partial charge in [-0.25, -0.2) is 0 Å². The lowest BCUT2D eigenvalue weighted by Crippen LogP contribution is -1.97. The second-order valence-electron chi connectivity index (χ2n) is 6.92. The maximum absolute atomic E-state index is 3.77. The molecular weight excluding hydrogens is 240 g/mol. The van der Waals surface area contributed by atoms with Crippen molar-refractivity contribution in [3.05, 3.63) is 12.7 Å². The van der Waals surface area contributed by atoms with Gasteiger partial charge in [0.25, 0.3) is 0 Å². The molecule has 0 spiro atoms. The fourth-order valence-electron chi connectivity index (χ4n) is 3.08. The first-order valence-electron chi connectivity index (χ1n) is 9.31. The van der Waals surface area contributed by atoms with Crippen molar-refractivity contribution in [3.8, 4) is 0 Å². The van der Waals surface area contributed by atoms with Gasteiger partial charge in [-0.2, -0.15) is 0 Å². The van der Waals surface area contributed by atoms with E-state index in [1.54, 1.807) is 0 Å². The molecule has 2 unspecified atom stereocenters. The van der Waals surface area contributed by atoms with E-state index in [0.717, 1.165) is 11.8 Å². The lowest BCUT2D eigenvalue weighted by atomic mass is 9.93. The molecule has 0 rings (SSSR count). The zero-order chi connectivity index (χ0) is 15.1. The summed E-state index contributed by atoms with van der Waals surface area (Å²) in [5.74, 6) is 1.90. The van der Waals surface area contributed by atoms with E-state index < -0.39 is 0 Å². The van der Waals surface area contributed by atoms with Gasteiger partial charge in [-0.15, -0.1) is 6.58 Å². The summed E-state index contributed by atoms with van der Waals surface area (Å²) in [6.07, 6.45) is 20.3. The van der Waals surface area contributed by atoms with Gasteiger partial charge in [-0.1, -0.05) is 97.5 Å². The van der Waals surface area contributed by atoms with Crippen molar-refractivity contribution < 1.29 is 0 Å². The van der Waals surface area contributed by atoms with E-state index in [1.165, 1.54) is 83.5 Å². The van der Waals surface area contributed by atoms with Gasteiger partial charge in [0, 0.05) is 0 Å². The predicted molar refractivity (Wildman–Crippen MR) is 94.2 cm³/mol. The SMILES string of the molecule is C=CCCCCCCCC(C)CCCCC(C)CCC. The summed E-state index contributed by atoms with van der Waals surface area (Å²) in [6.45, 7) is 10.9. The normalized spacial score (nSPS) is 14.2. The first-order chi connectivity index (χ1) is 9.70. The summed E-state index contributed by atoms with van der Waals surface area (Å²) in [5.41, 5.74) is 0. The Hall–Kier alpha value is -0.260. The van der Waals surface area contributed by atoms with Crippen LogP contribution >= 0.6 is 0 Å². The molecule has 0 aromatic carbocycles. The number of unbranched alkanes of at least 4 members (excludes halogenated alkanes) is 6. The molecule has 0 radical (unpaired) electrons. The molecule has 0 aliphatic rings. The predicted octanol–water partition coefficient (Wildman–Crippen LogP) is 7.54. The topological polar surface area (TPSA) is 0 Å². The summed E-state index contributed by atoms with van der Waals surface area (Å²) >= 11 is 0. The molecule has 0 aliphatic carbocycles. The second kappa shape index (κ2) is 15.1. The molecule has 0 bridgehead atoms. The highest BCUT2D eigenvalue weighted by molar-refractivity contribution is 4.65. The Balaban J connectivity index is 3.24. The zero-order valence-corrected chi connectivity index (χ0v) is 14.6. The quantitative estimate of drug-likeness (QED) is 0.215. The van der Waals surface area contributed by atoms with E-state index in [0.29, 0.717) is 0 Å². The number of hydrogen-bond donors (Lipinski definition) is 0. The van der Waals surface area contributed by atoms with Crippen molar-refractivity contribution in [2.75, 3.05) is 0 Å². The monoisotopic (exact) mass is 280 g/mol. The summed E-state index contributed by atoms with van der Waals surface area (Å²) in [7, 11) is 0. The number of hydrogen-bond acceptors (Lipinski definition) is 0. The summed E-state index contributed by atoms with van der Waals surface area (Å²) < 4.78 is 0. The molecule has 0 saturated carbocycles. The smallest absolute Gasteiger partial charge is 0.0353 e. The van der Waals surface area contributed by atoms with Crippen molar-refractivity contribution in [1.82, 2.24) is 0 Å². The third-order valence-corrected chi connectivity index (χ3v) is 4.53. The van der Waals surface area contributed by atoms with E-state index in [9.17, 15) is 0 Å². The molecule has 0 heterocycles. The van der Waals surface area contributed by atoms with Crippen LogP contribution in [0.4, 0.5) is 0 Å². The summed E-state index contributed by atoms with van der Waals surface area (Å²) in [5, 5.41) is 0. The van der Waals surface area contributed by atoms with Gasteiger partial charge in [0.15, 0.2) is 0 Å². The van der Waals surface area contributed by atoms with Crippen molar-refractivity contribution in [2.45, 2.75) is 104 Å². The molecule has 120 valence electrons. The molecule has 0 amide bonds. The molecule has 0 aromatic rings. The van der Waals surface area contributed by atoms with Crippen molar-refractivity contribution >= 4 is 0 Å². The summed E-state index contributed by atoms with van der Waals surface area (Å²) in [6, 6.07) is 0. The van der Waals surface area contributed by atoms with Crippen molar-refractivity contribution in [2.24, 2.45) is 11.8 Å². The van der Waals surface area contributed by atoms with Gasteiger partial charge >= 0.3 is 0 Å². The van der Waals surface area contributed by atoms with E-state index in [2.05, 4.69) is 27.4 Å². The maximum Gasteiger partial charge on any atom is -0.0353 e. The highest BCUT2D eigenvalue weighted by Crippen LogP contribution is 2.20. The van der Waals surface area contributed by atoms with Gasteiger partial charge < -0.3 is 0 Å². The van der Waals surface area contributed by atoms with Gasteiger partial charge in [0.1, 0.15) is 0 Å². The van der Waals surface area contributed by atoms with Crippen molar-refractivity contribution in [1.29, 1.82) is 0 Å². The fraction of sp³-hybridized carbons (Fsp3) is 0.900. The molecule has 0 heteroatoms. The summed E-state index contributed by atoms with van der Waals surface area (Å²) in [4.78, 5) is 0. The van der Waals surface area contributed by atoms with Crippen LogP contribution in [0, 0.1) is 11.8 Å². The second-order valence-corrected chi connectivity index (χ2v) is 6.92. The van der Waals surface area contributed by atoms with E-state index in [-0.39, 0.29) is 0 Å². The standard InChI is InChI=1S/C20H40/c1-5-7-8-9-10-11-12-16-20(4)18-14-13-17-19(3)15-6-2/h5,19-20H,1,6-18H2,2-4H3. The molecule has 0 saturated heterocycles. The van der Waals surface area contributed by atoms with Crippen LogP contribution in [-0.2, 0) is 0 Å². The Morgan fingerprint density at radius 2 is 1.15 bits per heavy atom. The average molecular weight is 281 g/mol. The van der Waals surface area contributed by atoms with Crippen LogP contribution in [0.2, 0.25) is 0 Å². The van der Waals surface area contributed by atoms with Crippen molar-refractivity contribution in [3.63, 3.8) is 0 Å². The van der Waals surface area contributed by atoms with Crippen LogP contribution < -0.4 is 0 Å². The van der Waals surface area contributed by atoms with Gasteiger partial charge in [-0.05, 0) is 24.7 Å². The van der Waals surface area contributed by atoms with Crippen LogP contribution in [0.15, 0.2) is 12.7 Å². The largest absolute Gasteiger partial charge is 0.103 e. The van der Waals surface area contributed by atoms with E-state index in [1.807, 2.05) is 6.08 Å². The Labute approximate surface area is 129 Å². The molecule has 0 nitrogen and oxygen atoms in total. The molecular formula is C20H40. The van der Waals surface area contributed by atoms with Gasteiger partial charge in [0.2, 0.25) is 0 Å². The number of rotatable bonds is 15. The molecule has 20 heavy (non-hydrogen) atoms. The minimum Gasteiger partial charge on any atom is -0.103 e. The van der Waals surface area contributed by atoms with Gasteiger partial charge in [-0.3, -0.25) is 0 Å². The van der Waals surface area contributed by atoms with Crippen LogP contribution in [0.1, 0.15) is 104 Å². The Morgan fingerprint density at radius 3 is 1.70 bits per heavy atom. The Kier molecular flexibility index (Phi) is 14.9. The van der Waals surface area contributed by atoms with E-state index in [4.69, 9.17) is 0 Å². The minimum atomic E-state index is 0.949. The van der Waals surface area contributed by atoms with E-state index >= 15 is 0 Å². The highest BCUT2D eigenvalue weighted by atomic mass is 14.1. The van der Waals surface area contributed by atoms with Crippen LogP contribution in [0.3, 0.4) is 0 Å². The highest BCUT2D eigenvalue weighted by Gasteiger charge is 2.04.